The molecule has 0 aliphatic carbocycles. The highest BCUT2D eigenvalue weighted by Gasteiger charge is 2.11. The lowest BCUT2D eigenvalue weighted by molar-refractivity contribution is -0.137. The van der Waals surface area contributed by atoms with Crippen LogP contribution in [0.2, 0.25) is 0 Å². The normalized spacial score (nSPS) is 10.4. The van der Waals surface area contributed by atoms with E-state index in [2.05, 4.69) is 6.92 Å². The summed E-state index contributed by atoms with van der Waals surface area (Å²) in [5, 5.41) is 17.0. The van der Waals surface area contributed by atoms with Crippen LogP contribution in [0.15, 0.2) is 24.3 Å². The number of para-hydroxylation sites is 2. The average Bonchev–Trinajstić information content (AvgIpc) is 2.60. The molecule has 6 heteroatoms. The molecule has 0 spiro atoms. The number of benzene rings is 1. The van der Waals surface area contributed by atoms with Gasteiger partial charge < -0.3 is 26.7 Å². The number of carbonyl (C=O) groups is 1. The molecule has 0 unspecified atom stereocenters. The van der Waals surface area contributed by atoms with Crippen molar-refractivity contribution in [1.82, 2.24) is 9.13 Å². The van der Waals surface area contributed by atoms with Crippen molar-refractivity contribution in [2.75, 3.05) is 0 Å². The van der Waals surface area contributed by atoms with Gasteiger partial charge >= 0.3 is 5.97 Å². The fraction of sp³-hybridized carbons (Fsp3) is 0.385. The largest absolute Gasteiger partial charge is 1.00 e. The molecule has 19 heavy (non-hydrogen) atoms. The van der Waals surface area contributed by atoms with Gasteiger partial charge in [-0.25, -0.2) is 0 Å². The Bertz CT molecular complexity index is 630. The van der Waals surface area contributed by atoms with Crippen molar-refractivity contribution in [3.05, 3.63) is 29.9 Å². The SMILES string of the molecule is CCCCn1c(=N)n(CC(=O)O)c2ccccc21.[Br-]. The number of carboxylic acids is 1. The second-order valence-corrected chi connectivity index (χ2v) is 4.30. The minimum atomic E-state index is -0.924. The fourth-order valence-electron chi connectivity index (χ4n) is 2.13. The smallest absolute Gasteiger partial charge is 0.323 e. The van der Waals surface area contributed by atoms with Crippen LogP contribution in [-0.4, -0.2) is 20.2 Å². The van der Waals surface area contributed by atoms with Crippen LogP contribution in [0.3, 0.4) is 0 Å². The Kier molecular flexibility index (Phi) is 5.35. The number of nitrogens with zero attached hydrogens (tertiary/aromatic N) is 2. The number of imidazole rings is 1. The Hall–Kier alpha value is -1.56. The Labute approximate surface area is 121 Å². The number of aromatic nitrogens is 2. The standard InChI is InChI=1S/C13H17N3O2.BrH/c1-2-3-8-15-10-6-4-5-7-11(10)16(13(15)14)9-12(17)18;/h4-7,14H,2-3,8-9H2,1H3,(H,17,18);1H/p-1. The quantitative estimate of drug-likeness (QED) is 0.725. The number of nitrogens with one attached hydrogen (secondary N) is 1. The van der Waals surface area contributed by atoms with Gasteiger partial charge in [0.1, 0.15) is 6.54 Å². The summed E-state index contributed by atoms with van der Waals surface area (Å²) >= 11 is 0. The Balaban J connectivity index is 0.00000180. The molecular weight excluding hydrogens is 310 g/mol. The van der Waals surface area contributed by atoms with E-state index < -0.39 is 5.97 Å². The van der Waals surface area contributed by atoms with E-state index in [0.717, 1.165) is 30.4 Å². The molecule has 1 aromatic carbocycles. The van der Waals surface area contributed by atoms with Gasteiger partial charge in [-0.2, -0.15) is 0 Å². The third-order valence-electron chi connectivity index (χ3n) is 3.00. The lowest BCUT2D eigenvalue weighted by Gasteiger charge is -2.02. The topological polar surface area (TPSA) is 71.0 Å². The first-order valence-corrected chi connectivity index (χ1v) is 6.09. The molecule has 0 saturated carbocycles. The summed E-state index contributed by atoms with van der Waals surface area (Å²) < 4.78 is 3.41. The van der Waals surface area contributed by atoms with Gasteiger partial charge in [0.2, 0.25) is 5.62 Å². The molecule has 0 radical (unpaired) electrons. The maximum atomic E-state index is 10.9. The number of aryl methyl sites for hydroxylation is 1. The number of unbranched alkanes of at least 4 members (excludes halogenated alkanes) is 1. The van der Waals surface area contributed by atoms with Crippen LogP contribution in [0.25, 0.3) is 11.0 Å². The van der Waals surface area contributed by atoms with Crippen LogP contribution >= 0.6 is 0 Å². The first kappa shape index (κ1) is 15.5. The number of aliphatic carboxylic acids is 1. The molecule has 2 aromatic rings. The number of hydrogen-bond donors (Lipinski definition) is 2. The molecule has 0 aliphatic heterocycles. The third kappa shape index (κ3) is 3.07. The molecule has 0 saturated heterocycles. The minimum absolute atomic E-state index is 0. The van der Waals surface area contributed by atoms with E-state index in [4.69, 9.17) is 10.5 Å². The van der Waals surface area contributed by atoms with Crippen LogP contribution in [0.4, 0.5) is 0 Å². The Morgan fingerprint density at radius 3 is 2.37 bits per heavy atom. The molecule has 2 N–H and O–H groups in total. The van der Waals surface area contributed by atoms with Gasteiger partial charge in [0.05, 0.1) is 11.0 Å². The van der Waals surface area contributed by atoms with Crippen LogP contribution in [0.1, 0.15) is 19.8 Å². The zero-order chi connectivity index (χ0) is 13.1. The van der Waals surface area contributed by atoms with Gasteiger partial charge in [-0.1, -0.05) is 25.5 Å². The number of fused-ring (bicyclic) bond motifs is 1. The lowest BCUT2D eigenvalue weighted by Crippen LogP contribution is -3.00. The second-order valence-electron chi connectivity index (χ2n) is 4.30. The van der Waals surface area contributed by atoms with Gasteiger partial charge in [-0.05, 0) is 18.6 Å². The summed E-state index contributed by atoms with van der Waals surface area (Å²) in [6.07, 6.45) is 2.03. The molecule has 0 bridgehead atoms. The number of hydrogen-bond acceptors (Lipinski definition) is 2. The van der Waals surface area contributed by atoms with Crippen molar-refractivity contribution in [2.24, 2.45) is 0 Å². The third-order valence-corrected chi connectivity index (χ3v) is 3.00. The summed E-state index contributed by atoms with van der Waals surface area (Å²) in [6, 6.07) is 7.57. The van der Waals surface area contributed by atoms with Crippen molar-refractivity contribution in [3.8, 4) is 0 Å². The molecule has 0 aliphatic rings. The second kappa shape index (κ2) is 6.56. The highest BCUT2D eigenvalue weighted by molar-refractivity contribution is 5.78. The zero-order valence-electron chi connectivity index (χ0n) is 10.8. The van der Waals surface area contributed by atoms with Crippen LogP contribution in [-0.2, 0) is 17.9 Å². The minimum Gasteiger partial charge on any atom is -1.00 e. The molecular formula is C13H17BrN3O2-. The van der Waals surface area contributed by atoms with Gasteiger partial charge in [-0.3, -0.25) is 14.8 Å². The summed E-state index contributed by atoms with van der Waals surface area (Å²) in [5.74, 6) is -0.924. The van der Waals surface area contributed by atoms with Crippen LogP contribution in [0, 0.1) is 5.41 Å². The molecule has 104 valence electrons. The molecule has 1 heterocycles. The van der Waals surface area contributed by atoms with Crippen LogP contribution in [0.5, 0.6) is 0 Å². The van der Waals surface area contributed by atoms with Crippen molar-refractivity contribution in [1.29, 1.82) is 5.41 Å². The van der Waals surface area contributed by atoms with E-state index in [9.17, 15) is 4.79 Å². The molecule has 0 fully saturated rings. The van der Waals surface area contributed by atoms with E-state index >= 15 is 0 Å². The molecule has 0 amide bonds. The predicted octanol–water partition coefficient (Wildman–Crippen LogP) is -1.19. The summed E-state index contributed by atoms with van der Waals surface area (Å²) in [5.41, 5.74) is 1.99. The maximum Gasteiger partial charge on any atom is 0.323 e. The van der Waals surface area contributed by atoms with Crippen LogP contribution < -0.4 is 22.6 Å². The van der Waals surface area contributed by atoms with E-state index in [1.807, 2.05) is 28.8 Å². The highest BCUT2D eigenvalue weighted by atomic mass is 79.9. The summed E-state index contributed by atoms with van der Waals surface area (Å²) in [6.45, 7) is 2.68. The number of rotatable bonds is 5. The molecule has 0 atom stereocenters. The monoisotopic (exact) mass is 326 g/mol. The van der Waals surface area contributed by atoms with E-state index in [1.54, 1.807) is 0 Å². The van der Waals surface area contributed by atoms with Crippen molar-refractivity contribution in [2.45, 2.75) is 32.9 Å². The average molecular weight is 327 g/mol. The fourth-order valence-corrected chi connectivity index (χ4v) is 2.13. The molecule has 2 rings (SSSR count). The number of halogens is 1. The van der Waals surface area contributed by atoms with Gasteiger partial charge in [-0.15, -0.1) is 0 Å². The van der Waals surface area contributed by atoms with E-state index in [1.165, 1.54) is 4.57 Å². The van der Waals surface area contributed by atoms with Gasteiger partial charge in [0.25, 0.3) is 0 Å². The van der Waals surface area contributed by atoms with Crippen molar-refractivity contribution >= 4 is 17.0 Å². The first-order valence-electron chi connectivity index (χ1n) is 6.09. The van der Waals surface area contributed by atoms with Gasteiger partial charge in [0.15, 0.2) is 0 Å². The highest BCUT2D eigenvalue weighted by Crippen LogP contribution is 2.13. The van der Waals surface area contributed by atoms with E-state index in [-0.39, 0.29) is 29.1 Å². The van der Waals surface area contributed by atoms with Crippen molar-refractivity contribution in [3.63, 3.8) is 0 Å². The predicted molar refractivity (Wildman–Crippen MR) is 68.3 cm³/mol. The summed E-state index contributed by atoms with van der Waals surface area (Å²) in [4.78, 5) is 10.9. The summed E-state index contributed by atoms with van der Waals surface area (Å²) in [7, 11) is 0. The molecule has 1 aromatic heterocycles. The Morgan fingerprint density at radius 2 is 1.84 bits per heavy atom. The number of carboxylic acid groups (broad SMARTS) is 1. The zero-order valence-corrected chi connectivity index (χ0v) is 12.4. The maximum absolute atomic E-state index is 10.9. The van der Waals surface area contributed by atoms with Crippen molar-refractivity contribution < 1.29 is 26.9 Å². The Morgan fingerprint density at radius 1 is 1.26 bits per heavy atom. The lowest BCUT2D eigenvalue weighted by atomic mass is 10.3. The molecule has 5 nitrogen and oxygen atoms in total. The van der Waals surface area contributed by atoms with E-state index in [0.29, 0.717) is 0 Å². The first-order chi connectivity index (χ1) is 8.65. The van der Waals surface area contributed by atoms with Gasteiger partial charge in [0, 0.05) is 6.54 Å².